The zero-order valence-electron chi connectivity index (χ0n) is 16.5. The van der Waals surface area contributed by atoms with Gasteiger partial charge in [0, 0.05) is 12.6 Å². The van der Waals surface area contributed by atoms with Crippen LogP contribution in [0.25, 0.3) is 0 Å². The Morgan fingerprint density at radius 1 is 1.12 bits per heavy atom. The van der Waals surface area contributed by atoms with Gasteiger partial charge in [-0.2, -0.15) is 4.99 Å². The number of hydrogen-bond acceptors (Lipinski definition) is 4. The van der Waals surface area contributed by atoms with Gasteiger partial charge in [-0.3, -0.25) is 0 Å². The molecule has 26 heavy (non-hydrogen) atoms. The van der Waals surface area contributed by atoms with Crippen LogP contribution in [0.5, 0.6) is 0 Å². The van der Waals surface area contributed by atoms with Crippen molar-refractivity contribution in [3.63, 3.8) is 0 Å². The van der Waals surface area contributed by atoms with E-state index in [0.717, 1.165) is 12.3 Å². The second-order valence-electron chi connectivity index (χ2n) is 7.23. The Labute approximate surface area is 159 Å². The molecule has 0 saturated carbocycles. The van der Waals surface area contributed by atoms with E-state index in [-0.39, 0.29) is 11.0 Å². The number of aliphatic carboxylic acids is 1. The summed E-state index contributed by atoms with van der Waals surface area (Å²) in [5, 5.41) is 11.1. The molecule has 2 N–H and O–H groups in total. The van der Waals surface area contributed by atoms with E-state index >= 15 is 0 Å². The average molecular weight is 364 g/mol. The van der Waals surface area contributed by atoms with Gasteiger partial charge in [-0.25, -0.2) is 4.48 Å². The number of nitrogens with two attached hydrogens (primary N) is 1. The highest BCUT2D eigenvalue weighted by molar-refractivity contribution is 5.90. The summed E-state index contributed by atoms with van der Waals surface area (Å²) in [6.45, 7) is 3.06. The number of nitrogens with zero attached hydrogens (tertiary/aromatic N) is 2. The average Bonchev–Trinajstić information content (AvgIpc) is 2.97. The molecule has 148 valence electrons. The fraction of sp³-hybridized carbons (Fsp3) is 0.714. The molecular formula is C21H37N3O2. The molecule has 5 nitrogen and oxygen atoms in total. The van der Waals surface area contributed by atoms with Gasteiger partial charge in [0.05, 0.1) is 12.2 Å². The van der Waals surface area contributed by atoms with E-state index in [4.69, 9.17) is 5.73 Å². The number of unbranched alkanes of at least 4 members (excludes halogenated alkanes) is 10. The molecule has 0 aromatic heterocycles. The highest BCUT2D eigenvalue weighted by atomic mass is 16.4. The van der Waals surface area contributed by atoms with Crippen LogP contribution in [0.4, 0.5) is 0 Å². The van der Waals surface area contributed by atoms with Crippen molar-refractivity contribution in [2.24, 2.45) is 10.7 Å². The van der Waals surface area contributed by atoms with Crippen LogP contribution in [-0.2, 0) is 4.79 Å². The smallest absolute Gasteiger partial charge is 0.232 e. The molecule has 0 saturated heterocycles. The van der Waals surface area contributed by atoms with Gasteiger partial charge < -0.3 is 15.6 Å². The van der Waals surface area contributed by atoms with Crippen molar-refractivity contribution in [2.45, 2.75) is 77.6 Å². The number of carbonyl (C=O) groups is 1. The maximum Gasteiger partial charge on any atom is 0.232 e. The Balaban J connectivity index is 2.18. The first-order valence-corrected chi connectivity index (χ1v) is 10.3. The second kappa shape index (κ2) is 13.7. The lowest BCUT2D eigenvalue weighted by Crippen LogP contribution is -2.54. The van der Waals surface area contributed by atoms with E-state index in [1.807, 2.05) is 6.08 Å². The van der Waals surface area contributed by atoms with E-state index in [1.54, 1.807) is 12.4 Å². The minimum atomic E-state index is -1.08. The first-order chi connectivity index (χ1) is 12.6. The third kappa shape index (κ3) is 8.77. The van der Waals surface area contributed by atoms with Crippen LogP contribution in [0.3, 0.4) is 0 Å². The summed E-state index contributed by atoms with van der Waals surface area (Å²) in [6.07, 6.45) is 21.8. The zero-order valence-corrected chi connectivity index (χ0v) is 16.5. The molecule has 0 bridgehead atoms. The first-order valence-electron chi connectivity index (χ1n) is 10.3. The molecule has 1 aliphatic heterocycles. The van der Waals surface area contributed by atoms with Gasteiger partial charge in [0.15, 0.2) is 0 Å². The largest absolute Gasteiger partial charge is 0.544 e. The van der Waals surface area contributed by atoms with Gasteiger partial charge in [0.1, 0.15) is 19.3 Å². The van der Waals surface area contributed by atoms with E-state index < -0.39 is 5.97 Å². The quantitative estimate of drug-likeness (QED) is 0.338. The molecule has 0 fully saturated rings. The standard InChI is InChI=1S/C21H37N3O2/c1-2-3-4-5-6-7-8-9-10-11-12-13-14-20-23-16-18-24(20,17-15-22)19-21(25)26/h13-14,16,18H,2-12,15,17,19,22H2,1H3/b14-13+. The number of carboxylic acids is 1. The van der Waals surface area contributed by atoms with Crippen molar-refractivity contribution in [2.75, 3.05) is 19.6 Å². The fourth-order valence-electron chi connectivity index (χ4n) is 3.42. The number of hydrogen-bond donors (Lipinski definition) is 1. The Bertz CT molecular complexity index is 486. The molecular weight excluding hydrogens is 326 g/mol. The Morgan fingerprint density at radius 2 is 1.73 bits per heavy atom. The van der Waals surface area contributed by atoms with Gasteiger partial charge in [-0.05, 0) is 12.8 Å². The zero-order chi connectivity index (χ0) is 19.1. The molecule has 5 heteroatoms. The summed E-state index contributed by atoms with van der Waals surface area (Å²) in [5.74, 6) is -0.340. The maximum absolute atomic E-state index is 11.1. The van der Waals surface area contributed by atoms with E-state index in [0.29, 0.717) is 13.1 Å². The molecule has 1 rings (SSSR count). The Morgan fingerprint density at radius 3 is 2.31 bits per heavy atom. The number of rotatable bonds is 16. The highest BCUT2D eigenvalue weighted by Crippen LogP contribution is 2.18. The molecule has 0 spiro atoms. The monoisotopic (exact) mass is 363 g/mol. The molecule has 0 radical (unpaired) electrons. The predicted molar refractivity (Wildman–Crippen MR) is 106 cm³/mol. The van der Waals surface area contributed by atoms with Crippen LogP contribution in [-0.4, -0.2) is 35.9 Å². The summed E-state index contributed by atoms with van der Waals surface area (Å²) >= 11 is 0. The first kappa shape index (κ1) is 22.6. The lowest BCUT2D eigenvalue weighted by molar-refractivity contribution is -0.778. The predicted octanol–water partition coefficient (Wildman–Crippen LogP) is 3.26. The lowest BCUT2D eigenvalue weighted by atomic mass is 10.1. The molecule has 1 aliphatic rings. The summed E-state index contributed by atoms with van der Waals surface area (Å²) in [6, 6.07) is 0. The molecule has 0 amide bonds. The minimum Gasteiger partial charge on any atom is -0.544 e. The molecule has 0 aliphatic carbocycles. The van der Waals surface area contributed by atoms with Crippen molar-refractivity contribution in [3.8, 4) is 0 Å². The minimum absolute atomic E-state index is 0.116. The van der Waals surface area contributed by atoms with Crippen LogP contribution >= 0.6 is 0 Å². The molecule has 1 unspecified atom stereocenters. The fourth-order valence-corrected chi connectivity index (χ4v) is 3.42. The summed E-state index contributed by atoms with van der Waals surface area (Å²) in [4.78, 5) is 15.4. The van der Waals surface area contributed by atoms with Gasteiger partial charge in [-0.15, -0.1) is 0 Å². The number of quaternary nitrogens is 1. The molecule has 0 aromatic carbocycles. The number of carbonyl (C=O) groups excluding carboxylic acids is 1. The SMILES string of the molecule is CCCCCCCCCCCC/C=C/C1=NC=C[N+]1(CCN)CC(=O)[O-]. The van der Waals surface area contributed by atoms with Crippen LogP contribution in [0.1, 0.15) is 77.6 Å². The highest BCUT2D eigenvalue weighted by Gasteiger charge is 2.33. The van der Waals surface area contributed by atoms with Gasteiger partial charge in [-0.1, -0.05) is 70.8 Å². The van der Waals surface area contributed by atoms with Crippen LogP contribution in [0.15, 0.2) is 29.5 Å². The number of carboxylic acid groups (broad SMARTS) is 1. The van der Waals surface area contributed by atoms with Crippen molar-refractivity contribution in [1.82, 2.24) is 0 Å². The van der Waals surface area contributed by atoms with E-state index in [1.165, 1.54) is 64.2 Å². The van der Waals surface area contributed by atoms with E-state index in [2.05, 4.69) is 18.0 Å². The topological polar surface area (TPSA) is 78.5 Å². The Hall–Kier alpha value is -1.46. The summed E-state index contributed by atoms with van der Waals surface area (Å²) < 4.78 is 0.160. The van der Waals surface area contributed by atoms with Crippen LogP contribution in [0.2, 0.25) is 0 Å². The maximum atomic E-state index is 11.1. The van der Waals surface area contributed by atoms with E-state index in [9.17, 15) is 9.90 Å². The second-order valence-corrected chi connectivity index (χ2v) is 7.23. The van der Waals surface area contributed by atoms with Gasteiger partial charge in [0.25, 0.3) is 0 Å². The summed E-state index contributed by atoms with van der Waals surface area (Å²) in [5.41, 5.74) is 5.66. The van der Waals surface area contributed by atoms with Crippen molar-refractivity contribution in [3.05, 3.63) is 24.6 Å². The van der Waals surface area contributed by atoms with Gasteiger partial charge >= 0.3 is 0 Å². The number of allylic oxidation sites excluding steroid dienone is 1. The Kier molecular flexibility index (Phi) is 11.9. The van der Waals surface area contributed by atoms with Gasteiger partial charge in [0.2, 0.25) is 5.84 Å². The van der Waals surface area contributed by atoms with Crippen molar-refractivity contribution in [1.29, 1.82) is 0 Å². The van der Waals surface area contributed by atoms with Crippen LogP contribution < -0.4 is 10.8 Å². The third-order valence-electron chi connectivity index (χ3n) is 4.95. The summed E-state index contributed by atoms with van der Waals surface area (Å²) in [7, 11) is 0. The van der Waals surface area contributed by atoms with Crippen molar-refractivity contribution < 1.29 is 14.4 Å². The van der Waals surface area contributed by atoms with Crippen molar-refractivity contribution >= 4 is 11.8 Å². The lowest BCUT2D eigenvalue weighted by Gasteiger charge is -2.31. The number of amidine groups is 1. The van der Waals surface area contributed by atoms with Crippen LogP contribution in [0, 0.1) is 0 Å². The molecule has 0 aromatic rings. The molecule has 1 atom stereocenters. The normalized spacial score (nSPS) is 19.4. The third-order valence-corrected chi connectivity index (χ3v) is 4.95. The number of aliphatic imine (C=N–C) groups is 1. The molecule has 1 heterocycles.